The van der Waals surface area contributed by atoms with Crippen LogP contribution in [0.25, 0.3) is 11.4 Å². The highest BCUT2D eigenvalue weighted by Gasteiger charge is 2.18. The Labute approximate surface area is 173 Å². The maximum atomic E-state index is 12.3. The van der Waals surface area contributed by atoms with Gasteiger partial charge in [0.15, 0.2) is 11.0 Å². The molecule has 150 valence electrons. The van der Waals surface area contributed by atoms with E-state index in [1.54, 1.807) is 12.4 Å². The molecule has 1 atom stereocenters. The van der Waals surface area contributed by atoms with E-state index < -0.39 is 0 Å². The van der Waals surface area contributed by atoms with Gasteiger partial charge in [-0.25, -0.2) is 0 Å². The van der Waals surface area contributed by atoms with Gasteiger partial charge in [-0.15, -0.1) is 10.2 Å². The summed E-state index contributed by atoms with van der Waals surface area (Å²) >= 11 is 1.39. The predicted octanol–water partition coefficient (Wildman–Crippen LogP) is 2.78. The first-order valence-electron chi connectivity index (χ1n) is 9.68. The number of benzene rings is 1. The quantitative estimate of drug-likeness (QED) is 0.576. The zero-order valence-electron chi connectivity index (χ0n) is 16.0. The predicted molar refractivity (Wildman–Crippen MR) is 112 cm³/mol. The molecule has 3 heterocycles. The summed E-state index contributed by atoms with van der Waals surface area (Å²) in [4.78, 5) is 16.3. The number of carbonyl (C=O) groups is 1. The van der Waals surface area contributed by atoms with Gasteiger partial charge in [-0.1, -0.05) is 42.1 Å². The smallest absolute Gasteiger partial charge is 0.230 e. The van der Waals surface area contributed by atoms with Gasteiger partial charge in [-0.05, 0) is 30.5 Å². The number of nitrogens with zero attached hydrogens (tertiary/aromatic N) is 4. The molecule has 0 unspecified atom stereocenters. The summed E-state index contributed by atoms with van der Waals surface area (Å²) in [6.45, 7) is 1.99. The van der Waals surface area contributed by atoms with Crippen molar-refractivity contribution in [2.45, 2.75) is 30.6 Å². The van der Waals surface area contributed by atoms with E-state index in [1.165, 1.54) is 11.8 Å². The van der Waals surface area contributed by atoms with Gasteiger partial charge in [0.2, 0.25) is 5.91 Å². The van der Waals surface area contributed by atoms with E-state index in [0.717, 1.165) is 36.4 Å². The van der Waals surface area contributed by atoms with Crippen LogP contribution in [-0.4, -0.2) is 50.7 Å². The van der Waals surface area contributed by atoms with Crippen molar-refractivity contribution in [1.29, 1.82) is 0 Å². The zero-order valence-corrected chi connectivity index (χ0v) is 16.8. The maximum absolute atomic E-state index is 12.3. The van der Waals surface area contributed by atoms with Crippen LogP contribution in [0.15, 0.2) is 60.0 Å². The molecule has 3 aromatic rings. The SMILES string of the molecule is O=C(CSc1nnc(-c2ccncc2)n1Cc1ccccc1)NC[C@H]1CCCO1. The number of carbonyl (C=O) groups excluding carboxylic acids is 1. The van der Waals surface area contributed by atoms with Crippen molar-refractivity contribution in [2.75, 3.05) is 18.9 Å². The Morgan fingerprint density at radius 2 is 2.00 bits per heavy atom. The summed E-state index contributed by atoms with van der Waals surface area (Å²) in [5.41, 5.74) is 2.09. The lowest BCUT2D eigenvalue weighted by Gasteiger charge is -2.12. The third-order valence-electron chi connectivity index (χ3n) is 4.72. The fraction of sp³-hybridized carbons (Fsp3) is 0.333. The fourth-order valence-electron chi connectivity index (χ4n) is 3.23. The van der Waals surface area contributed by atoms with Crippen LogP contribution in [0.2, 0.25) is 0 Å². The number of nitrogens with one attached hydrogen (secondary N) is 1. The van der Waals surface area contributed by atoms with E-state index in [9.17, 15) is 4.79 Å². The first kappa shape index (κ1) is 19.6. The summed E-state index contributed by atoms with van der Waals surface area (Å²) in [5.74, 6) is 1.03. The number of rotatable bonds is 8. The molecular weight excluding hydrogens is 386 g/mol. The van der Waals surface area contributed by atoms with E-state index in [1.807, 2.05) is 34.9 Å². The second-order valence-electron chi connectivity index (χ2n) is 6.84. The summed E-state index contributed by atoms with van der Waals surface area (Å²) in [6, 6.07) is 14.0. The Balaban J connectivity index is 1.47. The molecule has 2 aromatic heterocycles. The number of hydrogen-bond donors (Lipinski definition) is 1. The minimum absolute atomic E-state index is 0.0229. The van der Waals surface area contributed by atoms with Crippen molar-refractivity contribution in [3.05, 3.63) is 60.4 Å². The first-order chi connectivity index (χ1) is 14.3. The second-order valence-corrected chi connectivity index (χ2v) is 7.78. The van der Waals surface area contributed by atoms with Crippen LogP contribution in [0.4, 0.5) is 0 Å². The van der Waals surface area contributed by atoms with Crippen molar-refractivity contribution < 1.29 is 9.53 Å². The van der Waals surface area contributed by atoms with Crippen molar-refractivity contribution >= 4 is 17.7 Å². The third-order valence-corrected chi connectivity index (χ3v) is 5.69. The van der Waals surface area contributed by atoms with E-state index in [0.29, 0.717) is 18.2 Å². The van der Waals surface area contributed by atoms with Crippen molar-refractivity contribution in [1.82, 2.24) is 25.1 Å². The second kappa shape index (κ2) is 9.67. The van der Waals surface area contributed by atoms with Crippen LogP contribution < -0.4 is 5.32 Å². The molecule has 1 aromatic carbocycles. The zero-order chi connectivity index (χ0) is 19.9. The average Bonchev–Trinajstić information content (AvgIpc) is 3.42. The Morgan fingerprint density at radius 3 is 2.76 bits per heavy atom. The summed E-state index contributed by atoms with van der Waals surface area (Å²) in [5, 5.41) is 12.4. The molecule has 7 nitrogen and oxygen atoms in total. The largest absolute Gasteiger partial charge is 0.376 e. The number of aromatic nitrogens is 4. The summed E-state index contributed by atoms with van der Waals surface area (Å²) < 4.78 is 7.60. The lowest BCUT2D eigenvalue weighted by Crippen LogP contribution is -2.32. The van der Waals surface area contributed by atoms with Crippen molar-refractivity contribution in [3.63, 3.8) is 0 Å². The van der Waals surface area contributed by atoms with Crippen LogP contribution in [0.5, 0.6) is 0 Å². The highest BCUT2D eigenvalue weighted by atomic mass is 32.2. The van der Waals surface area contributed by atoms with Crippen LogP contribution in [0.1, 0.15) is 18.4 Å². The number of amides is 1. The highest BCUT2D eigenvalue weighted by molar-refractivity contribution is 7.99. The summed E-state index contributed by atoms with van der Waals surface area (Å²) in [6.07, 6.45) is 5.69. The maximum Gasteiger partial charge on any atom is 0.230 e. The molecule has 1 saturated heterocycles. The molecule has 4 rings (SSSR count). The van der Waals surface area contributed by atoms with Crippen LogP contribution in [-0.2, 0) is 16.1 Å². The number of ether oxygens (including phenoxy) is 1. The lowest BCUT2D eigenvalue weighted by atomic mass is 10.2. The molecule has 8 heteroatoms. The monoisotopic (exact) mass is 409 g/mol. The molecule has 0 saturated carbocycles. The van der Waals surface area contributed by atoms with Crippen molar-refractivity contribution in [3.8, 4) is 11.4 Å². The van der Waals surface area contributed by atoms with Crippen LogP contribution in [0.3, 0.4) is 0 Å². The molecule has 1 aliphatic rings. The topological polar surface area (TPSA) is 81.9 Å². The molecule has 0 aliphatic carbocycles. The van der Waals surface area contributed by atoms with Gasteiger partial charge >= 0.3 is 0 Å². The molecule has 1 amide bonds. The van der Waals surface area contributed by atoms with Crippen LogP contribution in [0, 0.1) is 0 Å². The van der Waals surface area contributed by atoms with Gasteiger partial charge in [-0.2, -0.15) is 0 Å². The number of thioether (sulfide) groups is 1. The first-order valence-corrected chi connectivity index (χ1v) is 10.7. The molecule has 0 radical (unpaired) electrons. The van der Waals surface area contributed by atoms with Gasteiger partial charge in [0.05, 0.1) is 18.4 Å². The third kappa shape index (κ3) is 5.21. The fourth-order valence-corrected chi connectivity index (χ4v) is 4.00. The molecule has 1 aliphatic heterocycles. The minimum atomic E-state index is -0.0229. The Hall–Kier alpha value is -2.71. The standard InChI is InChI=1S/C21H23N5O2S/c27-19(23-13-18-7-4-12-28-18)15-29-21-25-24-20(17-8-10-22-11-9-17)26(21)14-16-5-2-1-3-6-16/h1-3,5-6,8-11,18H,4,7,12-15H2,(H,23,27)/t18-/m1/s1. The van der Waals surface area contributed by atoms with Gasteiger partial charge < -0.3 is 10.1 Å². The number of hydrogen-bond acceptors (Lipinski definition) is 6. The Morgan fingerprint density at radius 1 is 1.17 bits per heavy atom. The molecular formula is C21H23N5O2S. The van der Waals surface area contributed by atoms with E-state index >= 15 is 0 Å². The van der Waals surface area contributed by atoms with E-state index in [4.69, 9.17) is 4.74 Å². The molecule has 0 bridgehead atoms. The van der Waals surface area contributed by atoms with Crippen molar-refractivity contribution in [2.24, 2.45) is 0 Å². The molecule has 1 N–H and O–H groups in total. The average molecular weight is 410 g/mol. The summed E-state index contributed by atoms with van der Waals surface area (Å²) in [7, 11) is 0. The molecule has 0 spiro atoms. The van der Waals surface area contributed by atoms with Gasteiger partial charge in [0, 0.05) is 31.1 Å². The Bertz CT molecular complexity index is 927. The Kier molecular flexibility index (Phi) is 6.53. The lowest BCUT2D eigenvalue weighted by molar-refractivity contribution is -0.119. The van der Waals surface area contributed by atoms with Gasteiger partial charge in [0.1, 0.15) is 0 Å². The van der Waals surface area contributed by atoms with E-state index in [-0.39, 0.29) is 17.8 Å². The van der Waals surface area contributed by atoms with Gasteiger partial charge in [-0.3, -0.25) is 14.3 Å². The minimum Gasteiger partial charge on any atom is -0.376 e. The van der Waals surface area contributed by atoms with Crippen LogP contribution >= 0.6 is 11.8 Å². The van der Waals surface area contributed by atoms with E-state index in [2.05, 4.69) is 32.6 Å². The normalized spacial score (nSPS) is 16.1. The molecule has 1 fully saturated rings. The van der Waals surface area contributed by atoms with Gasteiger partial charge in [0.25, 0.3) is 0 Å². The highest BCUT2D eigenvalue weighted by Crippen LogP contribution is 2.24. The molecule has 29 heavy (non-hydrogen) atoms. The number of pyridine rings is 1.